The van der Waals surface area contributed by atoms with Gasteiger partial charge in [-0.05, 0) is 35.8 Å². The number of amides is 2. The van der Waals surface area contributed by atoms with Crippen LogP contribution in [0.4, 0.5) is 0 Å². The Bertz CT molecular complexity index is 606. The van der Waals surface area contributed by atoms with E-state index in [0.29, 0.717) is 31.0 Å². The molecule has 2 rings (SSSR count). The SMILES string of the molecule is CC(C)c1ccc([C@H](NC(=O)C[NH+](C)CC(=O)NC2CC2)C(C)C)cc1. The normalized spacial score (nSPS) is 16.4. The van der Waals surface area contributed by atoms with Crippen LogP contribution in [0.3, 0.4) is 0 Å². The van der Waals surface area contributed by atoms with Crippen LogP contribution in [0.5, 0.6) is 0 Å². The van der Waals surface area contributed by atoms with Crippen LogP contribution in [-0.4, -0.2) is 38.0 Å². The van der Waals surface area contributed by atoms with Gasteiger partial charge in [-0.3, -0.25) is 9.59 Å². The average Bonchev–Trinajstić information content (AvgIpc) is 3.35. The van der Waals surface area contributed by atoms with E-state index in [1.807, 2.05) is 7.05 Å². The Kier molecular flexibility index (Phi) is 7.21. The first-order valence-electron chi connectivity index (χ1n) is 9.76. The molecule has 0 spiro atoms. The van der Waals surface area contributed by atoms with Gasteiger partial charge in [0.05, 0.1) is 13.1 Å². The van der Waals surface area contributed by atoms with E-state index >= 15 is 0 Å². The lowest BCUT2D eigenvalue weighted by Gasteiger charge is -2.24. The number of likely N-dealkylation sites (N-methyl/N-ethyl adjacent to an activating group) is 1. The maximum Gasteiger partial charge on any atom is 0.275 e. The predicted octanol–water partition coefficient (Wildman–Crippen LogP) is 1.42. The van der Waals surface area contributed by atoms with E-state index in [2.05, 4.69) is 62.6 Å². The van der Waals surface area contributed by atoms with Gasteiger partial charge in [0, 0.05) is 6.04 Å². The van der Waals surface area contributed by atoms with Gasteiger partial charge >= 0.3 is 0 Å². The zero-order chi connectivity index (χ0) is 19.3. The minimum Gasteiger partial charge on any atom is -0.348 e. The summed E-state index contributed by atoms with van der Waals surface area (Å²) in [6.45, 7) is 9.20. The van der Waals surface area contributed by atoms with Crippen molar-refractivity contribution >= 4 is 11.8 Å². The summed E-state index contributed by atoms with van der Waals surface area (Å²) in [5.74, 6) is 0.799. The number of hydrogen-bond donors (Lipinski definition) is 3. The molecule has 1 fully saturated rings. The highest BCUT2D eigenvalue weighted by Gasteiger charge is 2.25. The molecular formula is C21H34N3O2+. The monoisotopic (exact) mass is 360 g/mol. The molecule has 0 radical (unpaired) electrons. The number of nitrogens with one attached hydrogen (secondary N) is 3. The Balaban J connectivity index is 1.89. The summed E-state index contributed by atoms with van der Waals surface area (Å²) >= 11 is 0. The standard InChI is InChI=1S/C21H33N3O2/c1-14(2)16-6-8-17(9-7-16)21(15(3)4)23-20(26)13-24(5)12-19(25)22-18-10-11-18/h6-9,14-15,18,21H,10-13H2,1-5H3,(H,22,25)(H,23,26)/p+1/t21-/m1/s1. The van der Waals surface area contributed by atoms with Crippen molar-refractivity contribution in [1.29, 1.82) is 0 Å². The van der Waals surface area contributed by atoms with E-state index in [1.165, 1.54) is 5.56 Å². The average molecular weight is 361 g/mol. The highest BCUT2D eigenvalue weighted by atomic mass is 16.2. The van der Waals surface area contributed by atoms with Crippen molar-refractivity contribution in [2.45, 2.75) is 58.5 Å². The number of rotatable bonds is 9. The first-order valence-corrected chi connectivity index (χ1v) is 9.76. The first-order chi connectivity index (χ1) is 12.3. The minimum atomic E-state index is -0.0200. The van der Waals surface area contributed by atoms with Gasteiger partial charge in [-0.2, -0.15) is 0 Å². The molecule has 1 unspecified atom stereocenters. The topological polar surface area (TPSA) is 62.6 Å². The van der Waals surface area contributed by atoms with Crippen molar-refractivity contribution in [3.8, 4) is 0 Å². The Morgan fingerprint density at radius 1 is 1.00 bits per heavy atom. The summed E-state index contributed by atoms with van der Waals surface area (Å²) < 4.78 is 0. The second-order valence-corrected chi connectivity index (χ2v) is 8.26. The third kappa shape index (κ3) is 6.45. The lowest BCUT2D eigenvalue weighted by Crippen LogP contribution is -3.11. The fourth-order valence-corrected chi connectivity index (χ4v) is 3.06. The molecule has 3 N–H and O–H groups in total. The van der Waals surface area contributed by atoms with Gasteiger partial charge < -0.3 is 15.5 Å². The van der Waals surface area contributed by atoms with Gasteiger partial charge in [-0.25, -0.2) is 0 Å². The number of carbonyl (C=O) groups excluding carboxylic acids is 2. The number of carbonyl (C=O) groups is 2. The van der Waals surface area contributed by atoms with Gasteiger partial charge in [0.25, 0.3) is 11.8 Å². The van der Waals surface area contributed by atoms with Crippen LogP contribution in [0, 0.1) is 5.92 Å². The van der Waals surface area contributed by atoms with Crippen LogP contribution >= 0.6 is 0 Å². The van der Waals surface area contributed by atoms with E-state index < -0.39 is 0 Å². The number of benzene rings is 1. The molecule has 0 aliphatic heterocycles. The molecule has 0 saturated heterocycles. The van der Waals surface area contributed by atoms with Crippen molar-refractivity contribution in [3.05, 3.63) is 35.4 Å². The summed E-state index contributed by atoms with van der Waals surface area (Å²) in [6.07, 6.45) is 2.16. The summed E-state index contributed by atoms with van der Waals surface area (Å²) in [5.41, 5.74) is 2.43. The van der Waals surface area contributed by atoms with E-state index in [-0.39, 0.29) is 17.9 Å². The number of quaternary nitrogens is 1. The van der Waals surface area contributed by atoms with Crippen LogP contribution in [-0.2, 0) is 9.59 Å². The lowest BCUT2D eigenvalue weighted by molar-refractivity contribution is -0.862. The van der Waals surface area contributed by atoms with Gasteiger partial charge in [0.1, 0.15) is 0 Å². The molecule has 1 aliphatic carbocycles. The van der Waals surface area contributed by atoms with Crippen LogP contribution < -0.4 is 15.5 Å². The zero-order valence-electron chi connectivity index (χ0n) is 16.8. The molecule has 1 aromatic rings. The largest absolute Gasteiger partial charge is 0.348 e. The summed E-state index contributed by atoms with van der Waals surface area (Å²) in [5, 5.41) is 6.11. The molecule has 26 heavy (non-hydrogen) atoms. The molecule has 1 aromatic carbocycles. The van der Waals surface area contributed by atoms with Crippen LogP contribution in [0.1, 0.15) is 63.6 Å². The maximum atomic E-state index is 12.5. The fourth-order valence-electron chi connectivity index (χ4n) is 3.06. The molecule has 2 amide bonds. The Morgan fingerprint density at radius 3 is 2.04 bits per heavy atom. The van der Waals surface area contributed by atoms with E-state index in [4.69, 9.17) is 0 Å². The zero-order valence-corrected chi connectivity index (χ0v) is 16.8. The molecule has 0 bridgehead atoms. The van der Waals surface area contributed by atoms with Crippen LogP contribution in [0.15, 0.2) is 24.3 Å². The highest BCUT2D eigenvalue weighted by molar-refractivity contribution is 5.79. The Morgan fingerprint density at radius 2 is 1.54 bits per heavy atom. The Hall–Kier alpha value is -1.88. The van der Waals surface area contributed by atoms with E-state index in [9.17, 15) is 9.59 Å². The summed E-state index contributed by atoms with van der Waals surface area (Å²) in [6, 6.07) is 8.85. The van der Waals surface area contributed by atoms with Gasteiger partial charge in [0.2, 0.25) is 0 Å². The molecular weight excluding hydrogens is 326 g/mol. The van der Waals surface area contributed by atoms with Crippen molar-refractivity contribution in [2.75, 3.05) is 20.1 Å². The third-order valence-electron chi connectivity index (χ3n) is 4.81. The Labute approximate surface area is 157 Å². The van der Waals surface area contributed by atoms with E-state index in [0.717, 1.165) is 23.3 Å². The van der Waals surface area contributed by atoms with Crippen molar-refractivity contribution in [3.63, 3.8) is 0 Å². The molecule has 0 heterocycles. The van der Waals surface area contributed by atoms with E-state index in [1.54, 1.807) is 0 Å². The van der Waals surface area contributed by atoms with Crippen molar-refractivity contribution < 1.29 is 14.5 Å². The highest BCUT2D eigenvalue weighted by Crippen LogP contribution is 2.24. The second kappa shape index (κ2) is 9.17. The quantitative estimate of drug-likeness (QED) is 0.624. The molecule has 144 valence electrons. The second-order valence-electron chi connectivity index (χ2n) is 8.26. The molecule has 5 heteroatoms. The first kappa shape index (κ1) is 20.4. The smallest absolute Gasteiger partial charge is 0.275 e. The maximum absolute atomic E-state index is 12.5. The molecule has 0 aromatic heterocycles. The summed E-state index contributed by atoms with van der Waals surface area (Å²) in [7, 11) is 1.88. The predicted molar refractivity (Wildman–Crippen MR) is 104 cm³/mol. The molecule has 5 nitrogen and oxygen atoms in total. The number of hydrogen-bond acceptors (Lipinski definition) is 2. The van der Waals surface area contributed by atoms with Crippen molar-refractivity contribution in [2.24, 2.45) is 5.92 Å². The minimum absolute atomic E-state index is 0.0168. The van der Waals surface area contributed by atoms with Crippen LogP contribution in [0.25, 0.3) is 0 Å². The fraction of sp³-hybridized carbons (Fsp3) is 0.619. The van der Waals surface area contributed by atoms with Gasteiger partial charge in [-0.15, -0.1) is 0 Å². The van der Waals surface area contributed by atoms with Gasteiger partial charge in [0.15, 0.2) is 13.1 Å². The molecule has 2 atom stereocenters. The lowest BCUT2D eigenvalue weighted by atomic mass is 9.93. The van der Waals surface area contributed by atoms with Gasteiger partial charge in [-0.1, -0.05) is 52.0 Å². The van der Waals surface area contributed by atoms with Crippen LogP contribution in [0.2, 0.25) is 0 Å². The molecule has 1 saturated carbocycles. The van der Waals surface area contributed by atoms with Crippen molar-refractivity contribution in [1.82, 2.24) is 10.6 Å². The molecule has 1 aliphatic rings. The third-order valence-corrected chi connectivity index (χ3v) is 4.81. The summed E-state index contributed by atoms with van der Waals surface area (Å²) in [4.78, 5) is 25.2.